The van der Waals surface area contributed by atoms with Crippen molar-refractivity contribution in [3.8, 4) is 5.75 Å². The highest BCUT2D eigenvalue weighted by Crippen LogP contribution is 2.23. The summed E-state index contributed by atoms with van der Waals surface area (Å²) in [5.41, 5.74) is 1.20. The average Bonchev–Trinajstić information content (AvgIpc) is 3.33. The van der Waals surface area contributed by atoms with E-state index in [2.05, 4.69) is 0 Å². The molecule has 9 heteroatoms. The van der Waals surface area contributed by atoms with Gasteiger partial charge in [-0.15, -0.1) is 0 Å². The molecule has 0 atom stereocenters. The van der Waals surface area contributed by atoms with Crippen molar-refractivity contribution in [2.24, 2.45) is 7.05 Å². The van der Waals surface area contributed by atoms with E-state index in [-0.39, 0.29) is 22.5 Å². The van der Waals surface area contributed by atoms with Gasteiger partial charge in [0.15, 0.2) is 0 Å². The first-order chi connectivity index (χ1) is 15.3. The summed E-state index contributed by atoms with van der Waals surface area (Å²) >= 11 is 0. The van der Waals surface area contributed by atoms with Crippen LogP contribution in [0.4, 0.5) is 0 Å². The van der Waals surface area contributed by atoms with E-state index in [0.717, 1.165) is 18.5 Å². The van der Waals surface area contributed by atoms with E-state index in [1.807, 2.05) is 13.0 Å². The van der Waals surface area contributed by atoms with Gasteiger partial charge in [-0.05, 0) is 50.1 Å². The van der Waals surface area contributed by atoms with Gasteiger partial charge in [0.2, 0.25) is 10.0 Å². The second-order valence-electron chi connectivity index (χ2n) is 8.47. The summed E-state index contributed by atoms with van der Waals surface area (Å²) in [6.45, 7) is 4.05. The second kappa shape index (κ2) is 9.07. The SMILES string of the molecule is Cc1cc(OC2CCN(C(=O)c3ccc(S(=O)(=O)N4CCCC4)cc3)CC2)cc(=O)n1C. The molecule has 0 spiro atoms. The highest BCUT2D eigenvalue weighted by molar-refractivity contribution is 7.89. The van der Waals surface area contributed by atoms with Gasteiger partial charge in [-0.25, -0.2) is 8.42 Å². The van der Waals surface area contributed by atoms with Crippen LogP contribution in [0.3, 0.4) is 0 Å². The first-order valence-corrected chi connectivity index (χ1v) is 12.4. The number of amides is 1. The zero-order valence-electron chi connectivity index (χ0n) is 18.5. The third kappa shape index (κ3) is 4.59. The van der Waals surface area contributed by atoms with Crippen LogP contribution in [0.15, 0.2) is 46.1 Å². The molecule has 32 heavy (non-hydrogen) atoms. The minimum Gasteiger partial charge on any atom is -0.490 e. The van der Waals surface area contributed by atoms with Gasteiger partial charge in [0.25, 0.3) is 11.5 Å². The molecule has 2 saturated heterocycles. The number of carbonyl (C=O) groups is 1. The molecular weight excluding hydrogens is 430 g/mol. The highest BCUT2D eigenvalue weighted by atomic mass is 32.2. The van der Waals surface area contributed by atoms with Crippen molar-refractivity contribution in [3.05, 3.63) is 58.0 Å². The van der Waals surface area contributed by atoms with Crippen LogP contribution >= 0.6 is 0 Å². The van der Waals surface area contributed by atoms with E-state index in [4.69, 9.17) is 4.74 Å². The number of carbonyl (C=O) groups excluding carboxylic acids is 1. The van der Waals surface area contributed by atoms with Crippen molar-refractivity contribution in [1.82, 2.24) is 13.8 Å². The fourth-order valence-electron chi connectivity index (χ4n) is 4.20. The van der Waals surface area contributed by atoms with Gasteiger partial charge in [-0.3, -0.25) is 9.59 Å². The Morgan fingerprint density at radius 2 is 1.62 bits per heavy atom. The third-order valence-electron chi connectivity index (χ3n) is 6.31. The Balaban J connectivity index is 1.36. The molecule has 2 fully saturated rings. The maximum absolute atomic E-state index is 12.9. The van der Waals surface area contributed by atoms with Crippen LogP contribution < -0.4 is 10.3 Å². The lowest BCUT2D eigenvalue weighted by Crippen LogP contribution is -2.41. The van der Waals surface area contributed by atoms with E-state index < -0.39 is 10.0 Å². The van der Waals surface area contributed by atoms with Crippen molar-refractivity contribution in [2.45, 2.75) is 43.6 Å². The normalized spacial score (nSPS) is 18.1. The van der Waals surface area contributed by atoms with Crippen molar-refractivity contribution >= 4 is 15.9 Å². The Morgan fingerprint density at radius 3 is 2.22 bits per heavy atom. The number of ether oxygens (including phenoxy) is 1. The molecule has 0 radical (unpaired) electrons. The Hall–Kier alpha value is -2.65. The van der Waals surface area contributed by atoms with Gasteiger partial charge in [-0.2, -0.15) is 4.31 Å². The number of nitrogens with zero attached hydrogens (tertiary/aromatic N) is 3. The maximum atomic E-state index is 12.9. The molecule has 0 saturated carbocycles. The van der Waals surface area contributed by atoms with E-state index in [0.29, 0.717) is 50.3 Å². The molecule has 0 unspecified atom stereocenters. The molecule has 1 aromatic heterocycles. The monoisotopic (exact) mass is 459 g/mol. The fraction of sp³-hybridized carbons (Fsp3) is 0.478. The summed E-state index contributed by atoms with van der Waals surface area (Å²) in [6.07, 6.45) is 3.05. The number of piperidine rings is 1. The Kier molecular flexibility index (Phi) is 6.39. The second-order valence-corrected chi connectivity index (χ2v) is 10.4. The van der Waals surface area contributed by atoms with Gasteiger partial charge >= 0.3 is 0 Å². The molecule has 1 amide bonds. The van der Waals surface area contributed by atoms with E-state index in [9.17, 15) is 18.0 Å². The number of hydrogen-bond donors (Lipinski definition) is 0. The lowest BCUT2D eigenvalue weighted by Gasteiger charge is -2.32. The number of likely N-dealkylation sites (tertiary alicyclic amines) is 1. The molecule has 2 aliphatic heterocycles. The molecule has 4 rings (SSSR count). The van der Waals surface area contributed by atoms with Gasteiger partial charge in [0, 0.05) is 63.4 Å². The molecule has 1 aromatic carbocycles. The van der Waals surface area contributed by atoms with Crippen LogP contribution in [0.5, 0.6) is 5.75 Å². The van der Waals surface area contributed by atoms with Crippen LogP contribution in [0.1, 0.15) is 41.7 Å². The summed E-state index contributed by atoms with van der Waals surface area (Å²) in [5.74, 6) is 0.447. The van der Waals surface area contributed by atoms with Crippen LogP contribution in [-0.4, -0.2) is 60.4 Å². The first-order valence-electron chi connectivity index (χ1n) is 11.0. The minimum absolute atomic E-state index is 0.0569. The maximum Gasteiger partial charge on any atom is 0.254 e. The van der Waals surface area contributed by atoms with Gasteiger partial charge < -0.3 is 14.2 Å². The Bertz CT molecular complexity index is 1140. The first kappa shape index (κ1) is 22.5. The average molecular weight is 460 g/mol. The predicted molar refractivity (Wildman–Crippen MR) is 120 cm³/mol. The van der Waals surface area contributed by atoms with Crippen LogP contribution in [0, 0.1) is 6.92 Å². The van der Waals surface area contributed by atoms with E-state index in [1.54, 1.807) is 28.6 Å². The zero-order chi connectivity index (χ0) is 22.9. The molecule has 2 aromatic rings. The number of aryl methyl sites for hydroxylation is 1. The number of rotatable bonds is 5. The molecule has 0 aliphatic carbocycles. The third-order valence-corrected chi connectivity index (χ3v) is 8.23. The van der Waals surface area contributed by atoms with Gasteiger partial charge in [0.05, 0.1) is 4.90 Å². The molecule has 172 valence electrons. The summed E-state index contributed by atoms with van der Waals surface area (Å²) in [7, 11) is -1.76. The van der Waals surface area contributed by atoms with E-state index >= 15 is 0 Å². The standard InChI is InChI=1S/C23H29N3O5S/c1-17-15-20(16-22(27)24(17)2)31-19-9-13-25(14-10-19)23(28)18-5-7-21(8-6-18)32(29,30)26-11-3-4-12-26/h5-8,15-16,19H,3-4,9-14H2,1-2H3. The Labute approximate surface area is 188 Å². The fourth-order valence-corrected chi connectivity index (χ4v) is 5.72. The van der Waals surface area contributed by atoms with Crippen molar-refractivity contribution in [1.29, 1.82) is 0 Å². The minimum atomic E-state index is -3.48. The number of sulfonamides is 1. The summed E-state index contributed by atoms with van der Waals surface area (Å²) < 4.78 is 34.4. The topological polar surface area (TPSA) is 88.9 Å². The van der Waals surface area contributed by atoms with Gasteiger partial charge in [-0.1, -0.05) is 0 Å². The van der Waals surface area contributed by atoms with Crippen molar-refractivity contribution in [3.63, 3.8) is 0 Å². The molecule has 2 aliphatic rings. The summed E-state index contributed by atoms with van der Waals surface area (Å²) in [4.78, 5) is 26.8. The molecule has 0 bridgehead atoms. The van der Waals surface area contributed by atoms with Gasteiger partial charge in [0.1, 0.15) is 11.9 Å². The number of hydrogen-bond acceptors (Lipinski definition) is 5. The molecular formula is C23H29N3O5S. The lowest BCUT2D eigenvalue weighted by molar-refractivity contribution is 0.0595. The lowest BCUT2D eigenvalue weighted by atomic mass is 10.1. The summed E-state index contributed by atoms with van der Waals surface area (Å²) in [6, 6.07) is 9.57. The zero-order valence-corrected chi connectivity index (χ0v) is 19.3. The Morgan fingerprint density at radius 1 is 1.00 bits per heavy atom. The largest absolute Gasteiger partial charge is 0.490 e. The molecule has 8 nitrogen and oxygen atoms in total. The van der Waals surface area contributed by atoms with Crippen LogP contribution in [0.2, 0.25) is 0 Å². The van der Waals surface area contributed by atoms with E-state index in [1.165, 1.54) is 22.5 Å². The number of aromatic nitrogens is 1. The number of pyridine rings is 1. The number of benzene rings is 1. The molecule has 0 N–H and O–H groups in total. The predicted octanol–water partition coefficient (Wildman–Crippen LogP) is 2.16. The van der Waals surface area contributed by atoms with Crippen LogP contribution in [0.25, 0.3) is 0 Å². The highest BCUT2D eigenvalue weighted by Gasteiger charge is 2.28. The van der Waals surface area contributed by atoms with Crippen LogP contribution in [-0.2, 0) is 17.1 Å². The molecule has 3 heterocycles. The quantitative estimate of drug-likeness (QED) is 0.684. The smallest absolute Gasteiger partial charge is 0.254 e. The van der Waals surface area contributed by atoms with Crippen molar-refractivity contribution in [2.75, 3.05) is 26.2 Å². The van der Waals surface area contributed by atoms with Crippen molar-refractivity contribution < 1.29 is 17.9 Å². The summed E-state index contributed by atoms with van der Waals surface area (Å²) in [5, 5.41) is 0.